The minimum Gasteiger partial charge on any atom is -0.372 e. The van der Waals surface area contributed by atoms with E-state index in [-0.39, 0.29) is 16.8 Å². The molecule has 3 atom stereocenters. The molecule has 3 nitrogen and oxygen atoms in total. The van der Waals surface area contributed by atoms with E-state index in [2.05, 4.69) is 37.3 Å². The first kappa shape index (κ1) is 17.0. The topological polar surface area (TPSA) is 27.7 Å². The van der Waals surface area contributed by atoms with E-state index in [1.54, 1.807) is 0 Å². The molecule has 0 N–H and O–H groups in total. The van der Waals surface area contributed by atoms with E-state index >= 15 is 0 Å². The van der Waals surface area contributed by atoms with Crippen LogP contribution < -0.4 is 0 Å². The Hall–Kier alpha value is -1.16. The molecule has 1 saturated carbocycles. The average Bonchev–Trinajstić information content (AvgIpc) is 3.39. The quantitative estimate of drug-likeness (QED) is 0.724. The van der Waals surface area contributed by atoms with Gasteiger partial charge in [0.05, 0.1) is 0 Å². The molecule has 0 aromatic heterocycles. The predicted molar refractivity (Wildman–Crippen MR) is 102 cm³/mol. The molecule has 1 aromatic carbocycles. The number of hydrogen-bond donors (Lipinski definition) is 0. The molecular formula is C23H30O3. The first-order valence-corrected chi connectivity index (χ1v) is 10.4. The molecule has 3 aliphatic heterocycles. The van der Waals surface area contributed by atoms with E-state index in [9.17, 15) is 0 Å². The molecule has 4 fully saturated rings. The highest BCUT2D eigenvalue weighted by Gasteiger charge is 2.71. The fourth-order valence-corrected chi connectivity index (χ4v) is 6.24. The van der Waals surface area contributed by atoms with Gasteiger partial charge in [0.2, 0.25) is 0 Å². The molecule has 0 bridgehead atoms. The number of fused-ring (bicyclic) bond motifs is 2. The Bertz CT molecular complexity index is 702. The van der Waals surface area contributed by atoms with Crippen molar-refractivity contribution in [3.05, 3.63) is 41.0 Å². The van der Waals surface area contributed by atoms with Crippen molar-refractivity contribution in [3.63, 3.8) is 0 Å². The Morgan fingerprint density at radius 3 is 2.31 bits per heavy atom. The summed E-state index contributed by atoms with van der Waals surface area (Å²) in [4.78, 5) is 0. The van der Waals surface area contributed by atoms with Crippen molar-refractivity contribution in [3.8, 4) is 0 Å². The van der Waals surface area contributed by atoms with Crippen molar-refractivity contribution in [2.24, 2.45) is 0 Å². The summed E-state index contributed by atoms with van der Waals surface area (Å²) in [6, 6.07) is 8.67. The van der Waals surface area contributed by atoms with Crippen molar-refractivity contribution >= 4 is 6.08 Å². The van der Waals surface area contributed by atoms with Gasteiger partial charge in [-0.1, -0.05) is 30.3 Å². The van der Waals surface area contributed by atoms with Crippen LogP contribution in [0.3, 0.4) is 0 Å². The molecule has 26 heavy (non-hydrogen) atoms. The second-order valence-corrected chi connectivity index (χ2v) is 8.53. The lowest BCUT2D eigenvalue weighted by molar-refractivity contribution is -0.257. The molecule has 0 unspecified atom stereocenters. The fourth-order valence-electron chi connectivity index (χ4n) is 6.24. The summed E-state index contributed by atoms with van der Waals surface area (Å²) in [6.45, 7) is 4.75. The van der Waals surface area contributed by atoms with Crippen molar-refractivity contribution in [2.75, 3.05) is 19.8 Å². The van der Waals surface area contributed by atoms with Crippen LogP contribution in [0.2, 0.25) is 0 Å². The Kier molecular flexibility index (Phi) is 4.04. The molecule has 1 aliphatic carbocycles. The number of hydrogen-bond acceptors (Lipinski definition) is 3. The lowest BCUT2D eigenvalue weighted by Gasteiger charge is -2.58. The minimum atomic E-state index is -0.297. The van der Waals surface area contributed by atoms with Crippen LogP contribution in [-0.4, -0.2) is 36.6 Å². The van der Waals surface area contributed by atoms with Gasteiger partial charge in [0.15, 0.2) is 0 Å². The normalized spacial score (nSPS) is 41.2. The van der Waals surface area contributed by atoms with Crippen LogP contribution in [0, 0.1) is 6.92 Å². The van der Waals surface area contributed by atoms with Gasteiger partial charge in [0, 0.05) is 19.8 Å². The molecule has 0 amide bonds. The highest BCUT2D eigenvalue weighted by molar-refractivity contribution is 5.60. The van der Waals surface area contributed by atoms with Gasteiger partial charge >= 0.3 is 0 Å². The summed E-state index contributed by atoms with van der Waals surface area (Å²) in [7, 11) is 0. The largest absolute Gasteiger partial charge is 0.372 e. The highest BCUT2D eigenvalue weighted by Crippen LogP contribution is 2.62. The molecule has 1 aromatic rings. The summed E-state index contributed by atoms with van der Waals surface area (Å²) < 4.78 is 19.8. The van der Waals surface area contributed by atoms with Crippen molar-refractivity contribution < 1.29 is 14.2 Å². The Morgan fingerprint density at radius 2 is 1.62 bits per heavy atom. The van der Waals surface area contributed by atoms with Crippen molar-refractivity contribution in [1.82, 2.24) is 0 Å². The number of ether oxygens (including phenoxy) is 3. The Labute approximate surface area is 156 Å². The SMILES string of the molecule is Cc1ccccc1/C=C1\CC[C@@]2(CCCO2)[C@@]2(CCCO2)[C@]12CCCO2. The molecule has 3 heterocycles. The third kappa shape index (κ3) is 2.17. The number of rotatable bonds is 1. The van der Waals surface area contributed by atoms with Gasteiger partial charge in [-0.05, 0) is 75.0 Å². The second-order valence-electron chi connectivity index (χ2n) is 8.53. The maximum absolute atomic E-state index is 6.66. The number of aryl methyl sites for hydroxylation is 1. The lowest BCUT2D eigenvalue weighted by Crippen LogP contribution is -2.70. The molecule has 3 saturated heterocycles. The maximum Gasteiger partial charge on any atom is 0.130 e. The zero-order valence-electron chi connectivity index (χ0n) is 15.9. The molecule has 4 aliphatic rings. The first-order valence-electron chi connectivity index (χ1n) is 10.4. The summed E-state index contributed by atoms with van der Waals surface area (Å²) in [6.07, 6.45) is 11.2. The van der Waals surface area contributed by atoms with Gasteiger partial charge in [-0.15, -0.1) is 0 Å². The third-order valence-corrected chi connectivity index (χ3v) is 7.37. The Balaban J connectivity index is 1.65. The smallest absolute Gasteiger partial charge is 0.130 e. The predicted octanol–water partition coefficient (Wildman–Crippen LogP) is 4.82. The molecule has 3 heteroatoms. The van der Waals surface area contributed by atoms with Crippen LogP contribution in [-0.2, 0) is 14.2 Å². The minimum absolute atomic E-state index is 0.142. The zero-order valence-corrected chi connectivity index (χ0v) is 15.9. The molecular weight excluding hydrogens is 324 g/mol. The molecule has 5 rings (SSSR count). The van der Waals surface area contributed by atoms with Gasteiger partial charge in [-0.25, -0.2) is 0 Å². The monoisotopic (exact) mass is 354 g/mol. The summed E-state index contributed by atoms with van der Waals surface area (Å²) in [5.41, 5.74) is 3.35. The summed E-state index contributed by atoms with van der Waals surface area (Å²) >= 11 is 0. The van der Waals surface area contributed by atoms with E-state index in [0.29, 0.717) is 0 Å². The number of benzene rings is 1. The molecule has 140 valence electrons. The van der Waals surface area contributed by atoms with Gasteiger partial charge in [-0.3, -0.25) is 0 Å². The highest BCUT2D eigenvalue weighted by atomic mass is 16.6. The van der Waals surface area contributed by atoms with E-state index in [0.717, 1.165) is 71.2 Å². The van der Waals surface area contributed by atoms with Gasteiger partial charge in [-0.2, -0.15) is 0 Å². The maximum atomic E-state index is 6.66. The first-order chi connectivity index (χ1) is 12.7. The van der Waals surface area contributed by atoms with Crippen LogP contribution in [0.5, 0.6) is 0 Å². The average molecular weight is 354 g/mol. The van der Waals surface area contributed by atoms with Gasteiger partial charge in [0.1, 0.15) is 16.8 Å². The van der Waals surface area contributed by atoms with Crippen LogP contribution >= 0.6 is 0 Å². The van der Waals surface area contributed by atoms with Crippen molar-refractivity contribution in [1.29, 1.82) is 0 Å². The van der Waals surface area contributed by atoms with E-state index in [4.69, 9.17) is 14.2 Å². The van der Waals surface area contributed by atoms with E-state index in [1.165, 1.54) is 16.7 Å². The van der Waals surface area contributed by atoms with Crippen LogP contribution in [0.15, 0.2) is 29.8 Å². The van der Waals surface area contributed by atoms with E-state index < -0.39 is 0 Å². The molecule has 3 spiro atoms. The summed E-state index contributed by atoms with van der Waals surface area (Å²) in [5, 5.41) is 0. The zero-order chi connectivity index (χ0) is 17.7. The fraction of sp³-hybridized carbons (Fsp3) is 0.652. The standard InChI is InChI=1S/C23H30O3/c1-18-7-2-3-8-19(18)17-20-9-13-21(10-4-14-24-21)23(12-6-16-26-23)22(20)11-5-15-25-22/h2-3,7-8,17H,4-6,9-16H2,1H3/b20-17+/t21-,22-,23-/m0/s1. The third-order valence-electron chi connectivity index (χ3n) is 7.37. The lowest BCUT2D eigenvalue weighted by atomic mass is 9.57. The second kappa shape index (κ2) is 6.19. The molecule has 0 radical (unpaired) electrons. The van der Waals surface area contributed by atoms with Gasteiger partial charge < -0.3 is 14.2 Å². The summed E-state index contributed by atoms with van der Waals surface area (Å²) in [5.74, 6) is 0. The van der Waals surface area contributed by atoms with Crippen molar-refractivity contribution in [2.45, 2.75) is 75.1 Å². The van der Waals surface area contributed by atoms with Crippen LogP contribution in [0.25, 0.3) is 6.08 Å². The van der Waals surface area contributed by atoms with E-state index in [1.807, 2.05) is 0 Å². The van der Waals surface area contributed by atoms with Gasteiger partial charge in [0.25, 0.3) is 0 Å². The Morgan fingerprint density at radius 1 is 0.846 bits per heavy atom. The van der Waals surface area contributed by atoms with Crippen LogP contribution in [0.1, 0.15) is 62.5 Å². The van der Waals surface area contributed by atoms with Crippen LogP contribution in [0.4, 0.5) is 0 Å².